The summed E-state index contributed by atoms with van der Waals surface area (Å²) >= 11 is 0. The Morgan fingerprint density at radius 3 is 1.64 bits per heavy atom. The van der Waals surface area contributed by atoms with Crippen molar-refractivity contribution < 1.29 is 183 Å². The first-order chi connectivity index (χ1) is 45.9. The lowest BCUT2D eigenvalue weighted by atomic mass is 9.97. The average molecular weight is 1380 g/mol. The van der Waals surface area contributed by atoms with E-state index in [9.17, 15) is 126 Å². The van der Waals surface area contributed by atoms with Gasteiger partial charge in [0.1, 0.15) is 116 Å². The molecule has 4 fully saturated rings. The van der Waals surface area contributed by atoms with Gasteiger partial charge in [0.15, 0.2) is 59.1 Å². The van der Waals surface area contributed by atoms with E-state index < -0.39 is 259 Å². The van der Waals surface area contributed by atoms with Gasteiger partial charge >= 0.3 is 41.2 Å². The summed E-state index contributed by atoms with van der Waals surface area (Å²) in [5.74, 6) is -15.5. The molecule has 4 aliphatic rings. The van der Waals surface area contributed by atoms with E-state index in [0.717, 1.165) is 72.8 Å². The lowest BCUT2D eigenvalue weighted by molar-refractivity contribution is -0.358. The number of carbonyl (C=O) groups excluding carboxylic acids is 3. The van der Waals surface area contributed by atoms with E-state index in [-0.39, 0.29) is 11.1 Å². The Bertz CT molecular complexity index is 3760. The van der Waals surface area contributed by atoms with Crippen LogP contribution in [0.2, 0.25) is 0 Å². The van der Waals surface area contributed by atoms with Crippen LogP contribution in [0.5, 0.6) is 57.5 Å². The van der Waals surface area contributed by atoms with E-state index in [2.05, 4.69) is 0 Å². The highest BCUT2D eigenvalue weighted by Gasteiger charge is 2.55. The molecule has 97 heavy (non-hydrogen) atoms. The average Bonchev–Trinajstić information content (AvgIpc) is 0.766. The van der Waals surface area contributed by atoms with Crippen LogP contribution < -0.4 is 14.2 Å². The van der Waals surface area contributed by atoms with Gasteiger partial charge in [-0.2, -0.15) is 0 Å². The summed E-state index contributed by atoms with van der Waals surface area (Å²) < 4.78 is 68.3. The molecular formula is C60H63O37+. The summed E-state index contributed by atoms with van der Waals surface area (Å²) in [5, 5.41) is 212. The molecule has 524 valence electrons. The second-order valence-electron chi connectivity index (χ2n) is 22.0. The van der Waals surface area contributed by atoms with Gasteiger partial charge in [0.2, 0.25) is 30.4 Å². The van der Waals surface area contributed by atoms with Gasteiger partial charge < -0.3 is 154 Å². The first kappa shape index (κ1) is 71.8. The molecule has 1 aromatic heterocycles. The summed E-state index contributed by atoms with van der Waals surface area (Å²) in [5.41, 5.74) is -0.691. The molecule has 0 unspecified atom stereocenters. The van der Waals surface area contributed by atoms with Gasteiger partial charge in [-0.25, -0.2) is 18.8 Å². The minimum absolute atomic E-state index is 0.117. The number of hydrogen-bond acceptors (Lipinski definition) is 34. The lowest BCUT2D eigenvalue weighted by Gasteiger charge is -2.46. The maximum Gasteiger partial charge on any atom is 0.402 e. The molecule has 20 atom stereocenters. The summed E-state index contributed by atoms with van der Waals surface area (Å²) in [7, 11) is 0. The third-order valence-corrected chi connectivity index (χ3v) is 15.3. The molecule has 4 aliphatic heterocycles. The molecule has 9 rings (SSSR count). The number of fused-ring (bicyclic) bond motifs is 1. The molecule has 37 nitrogen and oxygen atoms in total. The third-order valence-electron chi connectivity index (χ3n) is 15.3. The number of aromatic hydroxyl groups is 7. The molecule has 0 aliphatic carbocycles. The number of carboxylic acid groups (broad SMARTS) is 2. The quantitative estimate of drug-likeness (QED) is 0.00793. The SMILES string of the molecule is O=C(O)CC(=O)OC[C@H]1O[C@@H](Oc2cc3c(O)cc(O[C@@H]4O[C@H](COC(=O)/C=C/c5ccc(O)c(O)c5)[C@@H](O)[C@H](O)[C@H]4O)cc3[o+]c2-c2cc(O)c(O)c(O[C@@H]3O[C@H](C(=O)O)[C@H](O)[C@H](O)[C@H]3O)c2)[C@H](O[C@@H]2O[C@H](CO)[C@@H](O)[C@H](O)[C@H]2OC(=O)/C=C/c2ccc(O)c(O)c2)[C@@H](O)[C@H]1O. The first-order valence-electron chi connectivity index (χ1n) is 28.7. The number of esters is 3. The Morgan fingerprint density at radius 2 is 1.03 bits per heavy atom. The van der Waals surface area contributed by atoms with E-state index in [0.29, 0.717) is 0 Å². The van der Waals surface area contributed by atoms with E-state index in [4.69, 9.17) is 56.5 Å². The number of aliphatic hydroxyl groups is 11. The van der Waals surface area contributed by atoms with Gasteiger partial charge in [0, 0.05) is 36.4 Å². The van der Waals surface area contributed by atoms with Crippen LogP contribution in [0.1, 0.15) is 17.5 Å². The number of aliphatic hydroxyl groups excluding tert-OH is 11. The fourth-order valence-corrected chi connectivity index (χ4v) is 10.1. The summed E-state index contributed by atoms with van der Waals surface area (Å²) in [6.45, 7) is -2.96. The fourth-order valence-electron chi connectivity index (χ4n) is 10.1. The highest BCUT2D eigenvalue weighted by atomic mass is 16.8. The van der Waals surface area contributed by atoms with Crippen molar-refractivity contribution in [3.8, 4) is 68.8 Å². The summed E-state index contributed by atoms with van der Waals surface area (Å²) in [4.78, 5) is 62.0. The zero-order valence-electron chi connectivity index (χ0n) is 49.4. The smallest absolute Gasteiger partial charge is 0.402 e. The van der Waals surface area contributed by atoms with Crippen molar-refractivity contribution in [1.29, 1.82) is 0 Å². The van der Waals surface area contributed by atoms with Gasteiger partial charge in [-0.3, -0.25) is 9.59 Å². The van der Waals surface area contributed by atoms with Gasteiger partial charge in [0.05, 0.1) is 18.2 Å². The van der Waals surface area contributed by atoms with Crippen molar-refractivity contribution in [1.82, 2.24) is 0 Å². The molecule has 0 radical (unpaired) electrons. The topological polar surface area (TPSA) is 603 Å². The van der Waals surface area contributed by atoms with Crippen molar-refractivity contribution in [2.75, 3.05) is 19.8 Å². The van der Waals surface area contributed by atoms with Crippen LogP contribution in [0.4, 0.5) is 0 Å². The number of benzene rings is 4. The van der Waals surface area contributed by atoms with Crippen molar-refractivity contribution in [3.05, 3.63) is 90.0 Å². The van der Waals surface area contributed by atoms with Crippen LogP contribution in [-0.4, -0.2) is 275 Å². The summed E-state index contributed by atoms with van der Waals surface area (Å²) in [6.07, 6.45) is -40.3. The van der Waals surface area contributed by atoms with Crippen molar-refractivity contribution in [2.45, 2.75) is 129 Å². The lowest BCUT2D eigenvalue weighted by Crippen LogP contribution is -2.65. The monoisotopic (exact) mass is 1380 g/mol. The van der Waals surface area contributed by atoms with E-state index in [1.807, 2.05) is 0 Å². The van der Waals surface area contributed by atoms with Crippen LogP contribution in [0, 0.1) is 0 Å². The number of phenols is 7. The zero-order chi connectivity index (χ0) is 70.6. The Balaban J connectivity index is 1.10. The van der Waals surface area contributed by atoms with E-state index in [1.54, 1.807) is 0 Å². The van der Waals surface area contributed by atoms with Crippen molar-refractivity contribution >= 4 is 53.0 Å². The predicted molar refractivity (Wildman–Crippen MR) is 309 cm³/mol. The van der Waals surface area contributed by atoms with Crippen LogP contribution in [0.15, 0.2) is 83.3 Å². The molecule has 5 heterocycles. The van der Waals surface area contributed by atoms with Crippen LogP contribution >= 0.6 is 0 Å². The number of rotatable bonds is 22. The minimum atomic E-state index is -2.41. The second kappa shape index (κ2) is 30.3. The number of carboxylic acids is 2. The molecule has 4 saturated heterocycles. The van der Waals surface area contributed by atoms with Crippen LogP contribution in [0.25, 0.3) is 34.4 Å². The minimum Gasteiger partial charge on any atom is -0.507 e. The van der Waals surface area contributed by atoms with Crippen LogP contribution in [0.3, 0.4) is 0 Å². The maximum absolute atomic E-state index is 13.4. The maximum atomic E-state index is 13.4. The largest absolute Gasteiger partial charge is 0.507 e. The fraction of sp³-hybridized carbons (Fsp3) is 0.400. The van der Waals surface area contributed by atoms with E-state index in [1.165, 1.54) is 18.2 Å². The van der Waals surface area contributed by atoms with Gasteiger partial charge in [-0.1, -0.05) is 12.1 Å². The van der Waals surface area contributed by atoms with Gasteiger partial charge in [-0.05, 0) is 47.5 Å². The van der Waals surface area contributed by atoms with Gasteiger partial charge in [0.25, 0.3) is 0 Å². The molecule has 0 bridgehead atoms. The Morgan fingerprint density at radius 1 is 0.485 bits per heavy atom. The Hall–Kier alpha value is -9.52. The highest BCUT2D eigenvalue weighted by molar-refractivity contribution is 5.91. The number of hydrogen-bond donors (Lipinski definition) is 20. The van der Waals surface area contributed by atoms with E-state index >= 15 is 0 Å². The molecule has 0 saturated carbocycles. The first-order valence-corrected chi connectivity index (χ1v) is 28.7. The van der Waals surface area contributed by atoms with Crippen molar-refractivity contribution in [2.24, 2.45) is 0 Å². The molecule has 4 aromatic carbocycles. The Labute approximate surface area is 542 Å². The molecule has 37 heteroatoms. The molecule has 0 spiro atoms. The van der Waals surface area contributed by atoms with Crippen molar-refractivity contribution in [3.63, 3.8) is 0 Å². The number of aliphatic carboxylic acids is 2. The number of ether oxygens (including phenoxy) is 11. The molecular weight excluding hydrogens is 1310 g/mol. The number of carbonyl (C=O) groups is 5. The normalized spacial score (nSPS) is 30.5. The Kier molecular flexibility index (Phi) is 22.4. The molecule has 5 aromatic rings. The van der Waals surface area contributed by atoms with Crippen LogP contribution in [-0.2, 0) is 61.9 Å². The zero-order valence-corrected chi connectivity index (χ0v) is 49.4. The molecule has 0 amide bonds. The number of phenolic OH excluding ortho intramolecular Hbond substituents is 7. The predicted octanol–water partition coefficient (Wildman–Crippen LogP) is -3.67. The highest BCUT2D eigenvalue weighted by Crippen LogP contribution is 2.47. The third kappa shape index (κ3) is 16.3. The molecule has 20 N–H and O–H groups in total. The van der Waals surface area contributed by atoms with Gasteiger partial charge in [-0.15, -0.1) is 0 Å². The second-order valence-corrected chi connectivity index (χ2v) is 22.0. The summed E-state index contributed by atoms with van der Waals surface area (Å²) in [6, 6.07) is 11.3. The standard InChI is InChI=1S/C60H62O37/c61-17-34-42(74)47(79)54(95-39(71)8-4-21-2-6-26(63)29(66)10-21)60(92-34)97-55-48(80)44(76)36(19-87-40(72)16-37(68)69)94-59(55)91-33-15-24-27(64)13-23(88-57-50(82)45(77)43(75)35(93-57)18-86-38(70)7-3-20-1-5-25(62)28(65)9-20)14-31(24)89-52(33)22-11-30(67)41(73)32(12-22)90-58-51(83)46(78)49(81)53(96-58)56(84)85/h1-15,34-36,42-51,53-55,57-61,74-83H,16-19H2,(H8-,62,63,64,65,66,67,68,69,70,71,73,84,85)/p+1/t34-,35-,36-,42-,43-,44+,45+,46+,47+,48+,49-,50-,51-,53+,54-,55-,57-,58-,59-,60+/m1/s1.